The first-order valence-electron chi connectivity index (χ1n) is 4.77. The van der Waals surface area contributed by atoms with Crippen LogP contribution in [-0.4, -0.2) is 33.7 Å². The average Bonchev–Trinajstić information content (AvgIpc) is 2.68. The second kappa shape index (κ2) is 4.54. The fraction of sp³-hybridized carbons (Fsp3) is 0.100. The fourth-order valence-electron chi connectivity index (χ4n) is 1.27. The van der Waals surface area contributed by atoms with Crippen molar-refractivity contribution in [3.05, 3.63) is 34.7 Å². The summed E-state index contributed by atoms with van der Waals surface area (Å²) < 4.78 is 2.78. The van der Waals surface area contributed by atoms with E-state index in [0.717, 1.165) is 20.8 Å². The van der Waals surface area contributed by atoms with Gasteiger partial charge in [-0.15, -0.1) is 0 Å². The van der Waals surface area contributed by atoms with Crippen molar-refractivity contribution in [1.82, 2.24) is 14.4 Å². The maximum Gasteiger partial charge on any atom is 0.334 e. The zero-order valence-corrected chi connectivity index (χ0v) is 10.6. The molecule has 0 saturated heterocycles. The summed E-state index contributed by atoms with van der Waals surface area (Å²) in [5.74, 6) is 0. The molecule has 0 atom stereocenters. The highest BCUT2D eigenvalue weighted by Gasteiger charge is 2.02. The molecule has 17 heavy (non-hydrogen) atoms. The van der Waals surface area contributed by atoms with Crippen LogP contribution < -0.4 is 5.73 Å². The van der Waals surface area contributed by atoms with Crippen LogP contribution in [0.25, 0.3) is 5.65 Å². The molecule has 0 unspecified atom stereocenters. The quantitative estimate of drug-likeness (QED) is 0.672. The van der Waals surface area contributed by atoms with Crippen molar-refractivity contribution < 1.29 is 4.79 Å². The third-order valence-electron chi connectivity index (χ3n) is 2.18. The predicted octanol–water partition coefficient (Wildman–Crippen LogP) is 1.44. The largest absolute Gasteiger partial charge is 0.350 e. The lowest BCUT2D eigenvalue weighted by Crippen LogP contribution is -2.27. The highest BCUT2D eigenvalue weighted by Crippen LogP contribution is 2.12. The van der Waals surface area contributed by atoms with Gasteiger partial charge in [-0.05, 0) is 28.1 Å². The third-order valence-corrected chi connectivity index (χ3v) is 2.65. The molecule has 0 aliphatic rings. The van der Waals surface area contributed by atoms with Gasteiger partial charge in [0.05, 0.1) is 18.1 Å². The Bertz CT molecular complexity index is 591. The van der Waals surface area contributed by atoms with Gasteiger partial charge in [0.25, 0.3) is 0 Å². The van der Waals surface area contributed by atoms with E-state index in [1.165, 1.54) is 13.3 Å². The van der Waals surface area contributed by atoms with E-state index in [9.17, 15) is 4.79 Å². The lowest BCUT2D eigenvalue weighted by molar-refractivity contribution is 0.220. The molecule has 6 nitrogen and oxygen atoms in total. The molecule has 0 spiro atoms. The van der Waals surface area contributed by atoms with Crippen LogP contribution in [0.5, 0.6) is 0 Å². The highest BCUT2D eigenvalue weighted by molar-refractivity contribution is 9.10. The standard InChI is InChI=1S/C10H10BrN5O/c1-15(10(12)17)14-5-8-4-13-9-3-2-7(11)6-16(8)9/h2-6H,1H3,(H2,12,17). The van der Waals surface area contributed by atoms with E-state index in [2.05, 4.69) is 26.0 Å². The Morgan fingerprint density at radius 2 is 2.41 bits per heavy atom. The summed E-state index contributed by atoms with van der Waals surface area (Å²) in [5, 5.41) is 4.96. The van der Waals surface area contributed by atoms with Crippen LogP contribution in [-0.2, 0) is 0 Å². The van der Waals surface area contributed by atoms with Crippen LogP contribution in [0.3, 0.4) is 0 Å². The summed E-state index contributed by atoms with van der Waals surface area (Å²) in [5.41, 5.74) is 6.62. The first-order valence-corrected chi connectivity index (χ1v) is 5.57. The molecule has 7 heteroatoms. The smallest absolute Gasteiger partial charge is 0.334 e. The molecular formula is C10H10BrN5O. The molecule has 0 bridgehead atoms. The van der Waals surface area contributed by atoms with Crippen LogP contribution in [0.15, 0.2) is 34.1 Å². The van der Waals surface area contributed by atoms with Gasteiger partial charge in [0, 0.05) is 17.7 Å². The fourth-order valence-corrected chi connectivity index (χ4v) is 1.61. The van der Waals surface area contributed by atoms with Gasteiger partial charge in [-0.2, -0.15) is 5.10 Å². The maximum absolute atomic E-state index is 10.8. The summed E-state index contributed by atoms with van der Waals surface area (Å²) in [6.07, 6.45) is 5.06. The lowest BCUT2D eigenvalue weighted by Gasteiger charge is -2.05. The number of nitrogens with zero attached hydrogens (tertiary/aromatic N) is 4. The first-order chi connectivity index (χ1) is 8.08. The molecule has 0 saturated carbocycles. The van der Waals surface area contributed by atoms with Crippen molar-refractivity contribution in [2.24, 2.45) is 10.8 Å². The Kier molecular flexibility index (Phi) is 3.10. The first kappa shape index (κ1) is 11.6. The molecule has 0 radical (unpaired) electrons. The average molecular weight is 296 g/mol. The van der Waals surface area contributed by atoms with Gasteiger partial charge in [0.1, 0.15) is 5.65 Å². The highest BCUT2D eigenvalue weighted by atomic mass is 79.9. The number of nitrogens with two attached hydrogens (primary N) is 1. The number of carbonyl (C=O) groups excluding carboxylic acids is 1. The Morgan fingerprint density at radius 3 is 3.12 bits per heavy atom. The Balaban J connectivity index is 2.36. The molecule has 2 heterocycles. The van der Waals surface area contributed by atoms with E-state index >= 15 is 0 Å². The van der Waals surface area contributed by atoms with Crippen LogP contribution in [0.2, 0.25) is 0 Å². The molecule has 2 aromatic heterocycles. The number of hydrogen-bond acceptors (Lipinski definition) is 3. The number of pyridine rings is 1. The number of hydrogen-bond donors (Lipinski definition) is 1. The molecule has 2 rings (SSSR count). The van der Waals surface area contributed by atoms with Gasteiger partial charge in [-0.3, -0.25) is 4.40 Å². The molecular weight excluding hydrogens is 286 g/mol. The number of fused-ring (bicyclic) bond motifs is 1. The molecule has 0 fully saturated rings. The van der Waals surface area contributed by atoms with E-state index in [1.807, 2.05) is 22.7 Å². The number of primary amides is 1. The van der Waals surface area contributed by atoms with Crippen LogP contribution in [0.1, 0.15) is 5.69 Å². The maximum atomic E-state index is 10.8. The van der Waals surface area contributed by atoms with Crippen molar-refractivity contribution in [3.63, 3.8) is 0 Å². The molecule has 2 amide bonds. The van der Waals surface area contributed by atoms with Gasteiger partial charge in [0.2, 0.25) is 0 Å². The number of halogens is 1. The molecule has 88 valence electrons. The van der Waals surface area contributed by atoms with Crippen molar-refractivity contribution in [3.8, 4) is 0 Å². The van der Waals surface area contributed by atoms with Gasteiger partial charge < -0.3 is 5.73 Å². The molecule has 2 N–H and O–H groups in total. The Morgan fingerprint density at radius 1 is 1.65 bits per heavy atom. The summed E-state index contributed by atoms with van der Waals surface area (Å²) >= 11 is 3.38. The van der Waals surface area contributed by atoms with Gasteiger partial charge in [-0.25, -0.2) is 14.8 Å². The van der Waals surface area contributed by atoms with Crippen molar-refractivity contribution in [2.45, 2.75) is 0 Å². The summed E-state index contributed by atoms with van der Waals surface area (Å²) in [4.78, 5) is 15.0. The van der Waals surface area contributed by atoms with E-state index in [0.29, 0.717) is 0 Å². The molecule has 0 aromatic carbocycles. The topological polar surface area (TPSA) is 76.0 Å². The van der Waals surface area contributed by atoms with E-state index < -0.39 is 6.03 Å². The van der Waals surface area contributed by atoms with E-state index in [-0.39, 0.29) is 0 Å². The van der Waals surface area contributed by atoms with Crippen molar-refractivity contribution >= 4 is 33.8 Å². The molecule has 0 aliphatic carbocycles. The number of amides is 2. The van der Waals surface area contributed by atoms with Gasteiger partial charge >= 0.3 is 6.03 Å². The minimum Gasteiger partial charge on any atom is -0.350 e. The summed E-state index contributed by atoms with van der Waals surface area (Å²) in [6, 6.07) is 3.16. The minimum absolute atomic E-state index is 0.615. The monoisotopic (exact) mass is 295 g/mol. The normalized spacial score (nSPS) is 11.2. The van der Waals surface area contributed by atoms with Gasteiger partial charge in [-0.1, -0.05) is 0 Å². The molecule has 0 aliphatic heterocycles. The van der Waals surface area contributed by atoms with Crippen LogP contribution in [0, 0.1) is 0 Å². The predicted molar refractivity (Wildman–Crippen MR) is 67.8 cm³/mol. The SMILES string of the molecule is CN(N=Cc1cnc2ccc(Br)cn12)C(N)=O. The number of rotatable bonds is 2. The summed E-state index contributed by atoms with van der Waals surface area (Å²) in [7, 11) is 1.48. The minimum atomic E-state index is -0.615. The van der Waals surface area contributed by atoms with Gasteiger partial charge in [0.15, 0.2) is 0 Å². The van der Waals surface area contributed by atoms with Crippen molar-refractivity contribution in [2.75, 3.05) is 7.05 Å². The summed E-state index contributed by atoms with van der Waals surface area (Å²) in [6.45, 7) is 0. The Hall–Kier alpha value is -1.89. The third kappa shape index (κ3) is 2.44. The van der Waals surface area contributed by atoms with E-state index in [4.69, 9.17) is 5.73 Å². The number of urea groups is 1. The molecule has 2 aromatic rings. The number of imidazole rings is 1. The van der Waals surface area contributed by atoms with Crippen LogP contribution >= 0.6 is 15.9 Å². The second-order valence-electron chi connectivity index (χ2n) is 3.36. The number of aromatic nitrogens is 2. The van der Waals surface area contributed by atoms with Crippen molar-refractivity contribution in [1.29, 1.82) is 0 Å². The second-order valence-corrected chi connectivity index (χ2v) is 4.28. The number of hydrazone groups is 1. The zero-order valence-electron chi connectivity index (χ0n) is 9.04. The zero-order chi connectivity index (χ0) is 12.4. The number of carbonyl (C=O) groups is 1. The Labute approximate surface area is 106 Å². The van der Waals surface area contributed by atoms with E-state index in [1.54, 1.807) is 6.20 Å². The van der Waals surface area contributed by atoms with Crippen LogP contribution in [0.4, 0.5) is 4.79 Å². The lowest BCUT2D eigenvalue weighted by atomic mass is 10.4.